The molecule has 1 aromatic rings. The van der Waals surface area contributed by atoms with Crippen molar-refractivity contribution in [3.05, 3.63) is 23.5 Å². The van der Waals surface area contributed by atoms with Crippen LogP contribution < -0.4 is 5.32 Å². The smallest absolute Gasteiger partial charge is 0.224 e. The summed E-state index contributed by atoms with van der Waals surface area (Å²) in [6.07, 6.45) is 15.0. The zero-order chi connectivity index (χ0) is 15.3. The van der Waals surface area contributed by atoms with Gasteiger partial charge in [0.1, 0.15) is 0 Å². The van der Waals surface area contributed by atoms with Gasteiger partial charge in [0.25, 0.3) is 0 Å². The maximum atomic E-state index is 11.8. The van der Waals surface area contributed by atoms with Gasteiger partial charge < -0.3 is 5.32 Å². The summed E-state index contributed by atoms with van der Waals surface area (Å²) in [5.41, 5.74) is 0.597. The van der Waals surface area contributed by atoms with Gasteiger partial charge in [0.15, 0.2) is 0 Å². The number of hydrogen-bond acceptors (Lipinski definition) is 2. The Balaban J connectivity index is 2.00. The molecule has 0 saturated heterocycles. The normalized spacial score (nSPS) is 10.6. The highest BCUT2D eigenvalue weighted by Gasteiger charge is 2.05. The fourth-order valence-electron chi connectivity index (χ4n) is 2.28. The highest BCUT2D eigenvalue weighted by molar-refractivity contribution is 6.33. The molecule has 3 nitrogen and oxygen atoms in total. The summed E-state index contributed by atoms with van der Waals surface area (Å²) >= 11 is 5.97. The van der Waals surface area contributed by atoms with E-state index in [1.165, 1.54) is 44.9 Å². The molecular weight excluding hydrogens is 284 g/mol. The summed E-state index contributed by atoms with van der Waals surface area (Å²) < 4.78 is 0. The average Bonchev–Trinajstić information content (AvgIpc) is 2.48. The van der Waals surface area contributed by atoms with Crippen molar-refractivity contribution >= 4 is 23.2 Å². The molecule has 0 bridgehead atoms. The van der Waals surface area contributed by atoms with Gasteiger partial charge in [-0.05, 0) is 12.5 Å². The monoisotopic (exact) mass is 310 g/mol. The Hall–Kier alpha value is -1.09. The van der Waals surface area contributed by atoms with E-state index < -0.39 is 0 Å². The van der Waals surface area contributed by atoms with E-state index in [1.54, 1.807) is 18.5 Å². The number of anilines is 1. The van der Waals surface area contributed by atoms with Gasteiger partial charge in [-0.3, -0.25) is 9.78 Å². The van der Waals surface area contributed by atoms with E-state index in [0.29, 0.717) is 17.1 Å². The molecule has 1 heterocycles. The lowest BCUT2D eigenvalue weighted by atomic mass is 10.1. The number of halogens is 1. The minimum atomic E-state index is 0.0212. The van der Waals surface area contributed by atoms with Crippen LogP contribution in [-0.2, 0) is 4.79 Å². The van der Waals surface area contributed by atoms with Crippen molar-refractivity contribution < 1.29 is 4.79 Å². The molecule has 0 saturated carbocycles. The van der Waals surface area contributed by atoms with Gasteiger partial charge in [-0.25, -0.2) is 0 Å². The Morgan fingerprint density at radius 2 is 1.71 bits per heavy atom. The molecular formula is C17H27ClN2O. The van der Waals surface area contributed by atoms with Crippen LogP contribution in [0.2, 0.25) is 5.02 Å². The number of carbonyl (C=O) groups is 1. The molecule has 0 radical (unpaired) electrons. The Labute approximate surface area is 133 Å². The van der Waals surface area contributed by atoms with Crippen LogP contribution in [0, 0.1) is 0 Å². The minimum absolute atomic E-state index is 0.0212. The topological polar surface area (TPSA) is 42.0 Å². The zero-order valence-electron chi connectivity index (χ0n) is 13.0. The predicted octanol–water partition coefficient (Wildman–Crippen LogP) is 5.59. The van der Waals surface area contributed by atoms with Crippen molar-refractivity contribution in [2.75, 3.05) is 5.32 Å². The van der Waals surface area contributed by atoms with Crippen LogP contribution in [0.4, 0.5) is 5.69 Å². The molecule has 0 unspecified atom stereocenters. The summed E-state index contributed by atoms with van der Waals surface area (Å²) in [7, 11) is 0. The van der Waals surface area contributed by atoms with E-state index in [0.717, 1.165) is 12.8 Å². The summed E-state index contributed by atoms with van der Waals surface area (Å²) in [4.78, 5) is 15.7. The summed E-state index contributed by atoms with van der Waals surface area (Å²) in [6, 6.07) is 1.68. The summed E-state index contributed by atoms with van der Waals surface area (Å²) in [5.74, 6) is 0.0212. The third-order valence-electron chi connectivity index (χ3n) is 3.55. The molecule has 0 aliphatic carbocycles. The molecule has 1 aromatic heterocycles. The Morgan fingerprint density at radius 1 is 1.10 bits per heavy atom. The molecule has 0 fully saturated rings. The molecule has 0 atom stereocenters. The Morgan fingerprint density at radius 3 is 2.33 bits per heavy atom. The first-order valence-electron chi connectivity index (χ1n) is 8.13. The van der Waals surface area contributed by atoms with Gasteiger partial charge >= 0.3 is 0 Å². The average molecular weight is 311 g/mol. The lowest BCUT2D eigenvalue weighted by Gasteiger charge is -2.06. The number of hydrogen-bond donors (Lipinski definition) is 1. The van der Waals surface area contributed by atoms with Crippen molar-refractivity contribution in [1.29, 1.82) is 0 Å². The summed E-state index contributed by atoms with van der Waals surface area (Å²) in [5, 5.41) is 3.33. The Bertz CT molecular complexity index is 410. The van der Waals surface area contributed by atoms with Crippen molar-refractivity contribution in [2.45, 2.75) is 71.1 Å². The van der Waals surface area contributed by atoms with E-state index >= 15 is 0 Å². The van der Waals surface area contributed by atoms with E-state index in [-0.39, 0.29) is 5.91 Å². The van der Waals surface area contributed by atoms with E-state index in [2.05, 4.69) is 17.2 Å². The molecule has 0 aliphatic rings. The molecule has 21 heavy (non-hydrogen) atoms. The first-order valence-corrected chi connectivity index (χ1v) is 8.51. The van der Waals surface area contributed by atoms with Gasteiger partial charge in [0.05, 0.1) is 16.9 Å². The number of aromatic nitrogens is 1. The van der Waals surface area contributed by atoms with Crippen molar-refractivity contribution in [3.8, 4) is 0 Å². The van der Waals surface area contributed by atoms with Gasteiger partial charge in [-0.2, -0.15) is 0 Å². The number of carbonyl (C=O) groups excluding carboxylic acids is 1. The number of nitrogens with one attached hydrogen (secondary N) is 1. The maximum Gasteiger partial charge on any atom is 0.224 e. The molecule has 0 aliphatic heterocycles. The van der Waals surface area contributed by atoms with E-state index in [4.69, 9.17) is 11.6 Å². The quantitative estimate of drug-likeness (QED) is 0.541. The number of rotatable bonds is 11. The summed E-state index contributed by atoms with van der Waals surface area (Å²) in [6.45, 7) is 2.24. The number of unbranched alkanes of at least 4 members (excludes halogenated alkanes) is 8. The van der Waals surface area contributed by atoms with Gasteiger partial charge in [-0.1, -0.05) is 69.9 Å². The van der Waals surface area contributed by atoms with Crippen molar-refractivity contribution in [2.24, 2.45) is 0 Å². The van der Waals surface area contributed by atoms with Crippen LogP contribution in [0.15, 0.2) is 18.5 Å². The fraction of sp³-hybridized carbons (Fsp3) is 0.647. The maximum absolute atomic E-state index is 11.8. The van der Waals surface area contributed by atoms with Crippen LogP contribution >= 0.6 is 11.6 Å². The van der Waals surface area contributed by atoms with Crippen LogP contribution in [-0.4, -0.2) is 10.9 Å². The molecule has 1 N–H and O–H groups in total. The Kier molecular flexibility index (Phi) is 9.88. The van der Waals surface area contributed by atoms with Crippen LogP contribution in [0.5, 0.6) is 0 Å². The second kappa shape index (κ2) is 11.6. The third kappa shape index (κ3) is 8.71. The molecule has 118 valence electrons. The second-order valence-corrected chi connectivity index (χ2v) is 5.89. The first-order chi connectivity index (χ1) is 10.2. The fourth-order valence-corrected chi connectivity index (χ4v) is 2.43. The number of nitrogens with zero attached hydrogens (tertiary/aromatic N) is 1. The third-order valence-corrected chi connectivity index (χ3v) is 3.88. The second-order valence-electron chi connectivity index (χ2n) is 5.48. The molecule has 0 aromatic carbocycles. The molecule has 1 amide bonds. The molecule has 1 rings (SSSR count). The van der Waals surface area contributed by atoms with Crippen LogP contribution in [0.25, 0.3) is 0 Å². The molecule has 4 heteroatoms. The van der Waals surface area contributed by atoms with E-state index in [1.807, 2.05) is 0 Å². The van der Waals surface area contributed by atoms with Gasteiger partial charge in [0.2, 0.25) is 5.91 Å². The lowest BCUT2D eigenvalue weighted by molar-refractivity contribution is -0.116. The highest BCUT2D eigenvalue weighted by atomic mass is 35.5. The number of pyridine rings is 1. The van der Waals surface area contributed by atoms with Gasteiger partial charge in [0, 0.05) is 12.6 Å². The highest BCUT2D eigenvalue weighted by Crippen LogP contribution is 2.19. The largest absolute Gasteiger partial charge is 0.324 e. The minimum Gasteiger partial charge on any atom is -0.324 e. The first kappa shape index (κ1) is 18.0. The zero-order valence-corrected chi connectivity index (χ0v) is 13.8. The van der Waals surface area contributed by atoms with Gasteiger partial charge in [-0.15, -0.1) is 0 Å². The lowest BCUT2D eigenvalue weighted by Crippen LogP contribution is -2.11. The van der Waals surface area contributed by atoms with Crippen LogP contribution in [0.1, 0.15) is 71.1 Å². The molecule has 0 spiro atoms. The predicted molar refractivity (Wildman–Crippen MR) is 89.7 cm³/mol. The standard InChI is InChI=1S/C17H27ClN2O/c1-2-3-4-5-6-7-8-9-10-11-17(21)20-16-14-19-13-12-15(16)18/h12-14H,2-11H2,1H3,(H,20,21). The van der Waals surface area contributed by atoms with Crippen molar-refractivity contribution in [3.63, 3.8) is 0 Å². The van der Waals surface area contributed by atoms with E-state index in [9.17, 15) is 4.79 Å². The van der Waals surface area contributed by atoms with Crippen LogP contribution in [0.3, 0.4) is 0 Å². The van der Waals surface area contributed by atoms with Crippen molar-refractivity contribution in [1.82, 2.24) is 4.98 Å². The SMILES string of the molecule is CCCCCCCCCCCC(=O)Nc1cnccc1Cl. The number of amides is 1.